The predicted octanol–water partition coefficient (Wildman–Crippen LogP) is 3.95. The standard InChI is InChI=1S/C10H15N.C9H10O4/c1-2-3-9-11-10-7-5-4-6-8-10;1-9(8(12)13)4-2-3-6(5-9)7(10)11/h4-8,11H,2-3,9H2,1H3;2-4H,5H2,1H3,(H,10,11)(H,12,13). The fraction of sp³-hybridized carbons (Fsp3) is 0.368. The highest BCUT2D eigenvalue weighted by Gasteiger charge is 2.34. The smallest absolute Gasteiger partial charge is 0.331 e. The second-order valence-electron chi connectivity index (χ2n) is 5.90. The van der Waals surface area contributed by atoms with Crippen LogP contribution in [0.1, 0.15) is 33.1 Å². The Labute approximate surface area is 142 Å². The zero-order valence-electron chi connectivity index (χ0n) is 14.2. The number of anilines is 1. The van der Waals surface area contributed by atoms with Gasteiger partial charge in [-0.3, -0.25) is 4.79 Å². The maximum Gasteiger partial charge on any atom is 0.331 e. The predicted molar refractivity (Wildman–Crippen MR) is 95.1 cm³/mol. The molecule has 1 aliphatic carbocycles. The van der Waals surface area contributed by atoms with E-state index >= 15 is 0 Å². The Kier molecular flexibility index (Phi) is 7.75. The molecule has 130 valence electrons. The molecule has 3 N–H and O–H groups in total. The lowest BCUT2D eigenvalue weighted by atomic mass is 9.80. The van der Waals surface area contributed by atoms with E-state index in [-0.39, 0.29) is 12.0 Å². The molecule has 0 radical (unpaired) electrons. The molecule has 0 saturated heterocycles. The van der Waals surface area contributed by atoms with Crippen molar-refractivity contribution in [1.29, 1.82) is 0 Å². The number of benzene rings is 1. The number of carboxylic acid groups (broad SMARTS) is 2. The van der Waals surface area contributed by atoms with Gasteiger partial charge in [0.25, 0.3) is 0 Å². The van der Waals surface area contributed by atoms with Crippen LogP contribution >= 0.6 is 0 Å². The van der Waals surface area contributed by atoms with Crippen molar-refractivity contribution in [2.45, 2.75) is 33.1 Å². The Morgan fingerprint density at radius 2 is 1.88 bits per heavy atom. The molecule has 0 aliphatic heterocycles. The van der Waals surface area contributed by atoms with Crippen molar-refractivity contribution >= 4 is 17.6 Å². The van der Waals surface area contributed by atoms with E-state index in [2.05, 4.69) is 24.4 Å². The number of aliphatic carboxylic acids is 2. The zero-order chi connectivity index (χ0) is 18.0. The molecule has 2 rings (SSSR count). The van der Waals surface area contributed by atoms with E-state index in [1.54, 1.807) is 0 Å². The Morgan fingerprint density at radius 1 is 1.21 bits per heavy atom. The second-order valence-corrected chi connectivity index (χ2v) is 5.90. The van der Waals surface area contributed by atoms with Crippen molar-refractivity contribution in [3.05, 3.63) is 54.1 Å². The zero-order valence-corrected chi connectivity index (χ0v) is 14.2. The van der Waals surface area contributed by atoms with Crippen LogP contribution in [0.4, 0.5) is 5.69 Å². The molecule has 0 bridgehead atoms. The summed E-state index contributed by atoms with van der Waals surface area (Å²) in [5.41, 5.74) is 0.274. The summed E-state index contributed by atoms with van der Waals surface area (Å²) in [6, 6.07) is 10.3. The number of nitrogens with one attached hydrogen (secondary N) is 1. The molecule has 1 atom stereocenters. The minimum absolute atomic E-state index is 0.0359. The Hall–Kier alpha value is -2.56. The average molecular weight is 331 g/mol. The summed E-state index contributed by atoms with van der Waals surface area (Å²) >= 11 is 0. The van der Waals surface area contributed by atoms with E-state index in [0.29, 0.717) is 0 Å². The lowest BCUT2D eigenvalue weighted by Crippen LogP contribution is -2.28. The number of para-hydroxylation sites is 1. The Bertz CT molecular complexity index is 607. The van der Waals surface area contributed by atoms with E-state index in [1.165, 1.54) is 43.7 Å². The molecule has 0 fully saturated rings. The van der Waals surface area contributed by atoms with Crippen molar-refractivity contribution in [3.8, 4) is 0 Å². The molecule has 0 aromatic heterocycles. The van der Waals surface area contributed by atoms with Gasteiger partial charge in [-0.25, -0.2) is 4.79 Å². The van der Waals surface area contributed by atoms with E-state index < -0.39 is 17.4 Å². The maximum atomic E-state index is 10.8. The quantitative estimate of drug-likeness (QED) is 0.687. The van der Waals surface area contributed by atoms with Crippen molar-refractivity contribution in [2.75, 3.05) is 11.9 Å². The third-order valence-corrected chi connectivity index (χ3v) is 3.72. The highest BCUT2D eigenvalue weighted by atomic mass is 16.4. The molecule has 0 heterocycles. The second kappa shape index (κ2) is 9.55. The van der Waals surface area contributed by atoms with Gasteiger partial charge in [-0.2, -0.15) is 0 Å². The Balaban J connectivity index is 0.000000243. The molecule has 1 aromatic rings. The maximum absolute atomic E-state index is 10.8. The van der Waals surface area contributed by atoms with Gasteiger partial charge in [0.05, 0.1) is 5.41 Å². The molecular weight excluding hydrogens is 306 g/mol. The molecule has 1 aliphatic rings. The summed E-state index contributed by atoms with van der Waals surface area (Å²) in [7, 11) is 0. The monoisotopic (exact) mass is 331 g/mol. The summed E-state index contributed by atoms with van der Waals surface area (Å²) in [5, 5.41) is 20.8. The molecular formula is C19H25NO4. The summed E-state index contributed by atoms with van der Waals surface area (Å²) in [6.07, 6.45) is 6.93. The van der Waals surface area contributed by atoms with Crippen molar-refractivity contribution < 1.29 is 19.8 Å². The first-order chi connectivity index (χ1) is 11.4. The van der Waals surface area contributed by atoms with E-state index in [1.807, 2.05) is 18.2 Å². The number of carbonyl (C=O) groups is 2. The van der Waals surface area contributed by atoms with Crippen LogP contribution in [0.5, 0.6) is 0 Å². The fourth-order valence-corrected chi connectivity index (χ4v) is 2.15. The van der Waals surface area contributed by atoms with Gasteiger partial charge in [0.1, 0.15) is 0 Å². The van der Waals surface area contributed by atoms with Gasteiger partial charge in [-0.15, -0.1) is 0 Å². The van der Waals surface area contributed by atoms with Gasteiger partial charge in [0.2, 0.25) is 0 Å². The van der Waals surface area contributed by atoms with Crippen LogP contribution in [0.2, 0.25) is 0 Å². The van der Waals surface area contributed by atoms with Crippen LogP contribution in [0, 0.1) is 5.41 Å². The number of unbranched alkanes of at least 4 members (excludes halogenated alkanes) is 1. The SMILES string of the molecule is CC1(C(=O)O)C=CC=C(C(=O)O)C1.CCCCNc1ccccc1. The number of carboxylic acids is 2. The van der Waals surface area contributed by atoms with Crippen LogP contribution in [0.25, 0.3) is 0 Å². The molecule has 5 heteroatoms. The third kappa shape index (κ3) is 6.28. The molecule has 0 spiro atoms. The van der Waals surface area contributed by atoms with Gasteiger partial charge >= 0.3 is 11.9 Å². The van der Waals surface area contributed by atoms with Crippen LogP contribution < -0.4 is 5.32 Å². The summed E-state index contributed by atoms with van der Waals surface area (Å²) in [5.74, 6) is -2.06. The van der Waals surface area contributed by atoms with Gasteiger partial charge in [0, 0.05) is 17.8 Å². The highest BCUT2D eigenvalue weighted by molar-refractivity contribution is 5.90. The lowest BCUT2D eigenvalue weighted by Gasteiger charge is -2.23. The first-order valence-corrected chi connectivity index (χ1v) is 8.03. The molecule has 0 saturated carbocycles. The largest absolute Gasteiger partial charge is 0.481 e. The van der Waals surface area contributed by atoms with Crippen molar-refractivity contribution in [1.82, 2.24) is 0 Å². The normalized spacial score (nSPS) is 18.8. The molecule has 1 aromatic carbocycles. The number of allylic oxidation sites excluding steroid dienone is 2. The van der Waals surface area contributed by atoms with Gasteiger partial charge in [-0.05, 0) is 31.9 Å². The molecule has 0 amide bonds. The van der Waals surface area contributed by atoms with Crippen LogP contribution in [0.15, 0.2) is 54.1 Å². The van der Waals surface area contributed by atoms with Crippen molar-refractivity contribution in [2.24, 2.45) is 5.41 Å². The molecule has 1 unspecified atom stereocenters. The summed E-state index contributed by atoms with van der Waals surface area (Å²) in [6.45, 7) is 4.79. The summed E-state index contributed by atoms with van der Waals surface area (Å²) < 4.78 is 0. The topological polar surface area (TPSA) is 86.6 Å². The minimum Gasteiger partial charge on any atom is -0.481 e. The number of hydrogen-bond donors (Lipinski definition) is 3. The van der Waals surface area contributed by atoms with E-state index in [9.17, 15) is 9.59 Å². The molecule has 5 nitrogen and oxygen atoms in total. The van der Waals surface area contributed by atoms with Crippen LogP contribution in [-0.2, 0) is 9.59 Å². The highest BCUT2D eigenvalue weighted by Crippen LogP contribution is 2.31. The first kappa shape index (κ1) is 19.5. The van der Waals surface area contributed by atoms with E-state index in [4.69, 9.17) is 10.2 Å². The average Bonchev–Trinajstić information content (AvgIpc) is 2.56. The van der Waals surface area contributed by atoms with Crippen LogP contribution in [-0.4, -0.2) is 28.7 Å². The van der Waals surface area contributed by atoms with Gasteiger partial charge < -0.3 is 15.5 Å². The third-order valence-electron chi connectivity index (χ3n) is 3.72. The van der Waals surface area contributed by atoms with Gasteiger partial charge in [-0.1, -0.05) is 49.8 Å². The summed E-state index contributed by atoms with van der Waals surface area (Å²) in [4.78, 5) is 21.3. The van der Waals surface area contributed by atoms with Gasteiger partial charge in [0.15, 0.2) is 0 Å². The first-order valence-electron chi connectivity index (χ1n) is 8.03. The Morgan fingerprint density at radius 3 is 2.42 bits per heavy atom. The minimum atomic E-state index is -1.08. The van der Waals surface area contributed by atoms with E-state index in [0.717, 1.165) is 6.54 Å². The van der Waals surface area contributed by atoms with Crippen LogP contribution in [0.3, 0.4) is 0 Å². The molecule has 24 heavy (non-hydrogen) atoms. The lowest BCUT2D eigenvalue weighted by molar-refractivity contribution is -0.145. The number of hydrogen-bond acceptors (Lipinski definition) is 3. The van der Waals surface area contributed by atoms with Crippen molar-refractivity contribution in [3.63, 3.8) is 0 Å². The fourth-order valence-electron chi connectivity index (χ4n) is 2.15. The number of rotatable bonds is 6.